The van der Waals surface area contributed by atoms with Gasteiger partial charge in [0, 0.05) is 18.3 Å². The van der Waals surface area contributed by atoms with Crippen molar-refractivity contribution in [1.82, 2.24) is 10.3 Å². The Morgan fingerprint density at radius 2 is 2.50 bits per heavy atom. The predicted molar refractivity (Wildman–Crippen MR) is 56.7 cm³/mol. The number of aromatic amines is 1. The highest BCUT2D eigenvalue weighted by molar-refractivity contribution is 5.81. The lowest BCUT2D eigenvalue weighted by Gasteiger charge is -2.13. The number of carbonyl (C=O) groups excluding carboxylic acids is 2. The van der Waals surface area contributed by atoms with E-state index < -0.39 is 6.52 Å². The van der Waals surface area contributed by atoms with Crippen molar-refractivity contribution in [1.29, 1.82) is 0 Å². The number of nitrogens with one attached hydrogen (secondary N) is 2. The molecule has 0 aromatic carbocycles. The lowest BCUT2D eigenvalue weighted by Crippen LogP contribution is -2.30. The van der Waals surface area contributed by atoms with Crippen LogP contribution in [0, 0.1) is 0 Å². The lowest BCUT2D eigenvalue weighted by molar-refractivity contribution is -0.140. The Labute approximate surface area is 94.6 Å². The van der Waals surface area contributed by atoms with E-state index in [0.717, 1.165) is 11.1 Å². The zero-order valence-electron chi connectivity index (χ0n) is 10.0. The van der Waals surface area contributed by atoms with Crippen molar-refractivity contribution in [3.05, 3.63) is 23.0 Å². The van der Waals surface area contributed by atoms with Crippen molar-refractivity contribution < 1.29 is 15.7 Å². The first kappa shape index (κ1) is 9.45. The van der Waals surface area contributed by atoms with E-state index in [1.807, 2.05) is 0 Å². The number of aromatic nitrogens is 1. The molecular formula is C11H14N2O3. The van der Waals surface area contributed by atoms with Gasteiger partial charge in [-0.3, -0.25) is 9.59 Å². The molecule has 86 valence electrons. The minimum Gasteiger partial charge on any atom is -0.469 e. The molecule has 0 saturated heterocycles. The number of methoxy groups -OCH3 is 1. The van der Waals surface area contributed by atoms with Gasteiger partial charge in [-0.1, -0.05) is 0 Å². The minimum atomic E-state index is -0.738. The quantitative estimate of drug-likeness (QED) is 0.724. The average Bonchev–Trinajstić information content (AvgIpc) is 2.69. The fourth-order valence-electron chi connectivity index (χ4n) is 1.78. The van der Waals surface area contributed by atoms with Gasteiger partial charge in [0.2, 0.25) is 5.91 Å². The van der Waals surface area contributed by atoms with Gasteiger partial charge in [-0.25, -0.2) is 0 Å². The number of hydrogen-bond acceptors (Lipinski definition) is 3. The van der Waals surface area contributed by atoms with Gasteiger partial charge in [0.15, 0.2) is 0 Å². The van der Waals surface area contributed by atoms with Gasteiger partial charge in [-0.05, 0) is 17.5 Å². The molecule has 1 aliphatic heterocycles. The molecule has 5 heteroatoms. The molecule has 5 nitrogen and oxygen atoms in total. The van der Waals surface area contributed by atoms with Crippen LogP contribution in [0.3, 0.4) is 0 Å². The summed E-state index contributed by atoms with van der Waals surface area (Å²) in [5.41, 5.74) is 2.47. The summed E-state index contributed by atoms with van der Waals surface area (Å²) >= 11 is 0. The van der Waals surface area contributed by atoms with Crippen LogP contribution in [0.1, 0.15) is 24.6 Å². The first-order valence-corrected chi connectivity index (χ1v) is 5.09. The van der Waals surface area contributed by atoms with Crippen molar-refractivity contribution in [2.24, 2.45) is 0 Å². The van der Waals surface area contributed by atoms with Crippen LogP contribution in [0.15, 0.2) is 6.20 Å². The van der Waals surface area contributed by atoms with Gasteiger partial charge < -0.3 is 15.0 Å². The molecule has 1 aliphatic rings. The third kappa shape index (κ3) is 2.08. The van der Waals surface area contributed by atoms with Crippen LogP contribution in [0.5, 0.6) is 0 Å². The average molecular weight is 223 g/mol. The van der Waals surface area contributed by atoms with E-state index in [2.05, 4.69) is 15.0 Å². The number of aryl methyl sites for hydroxylation is 1. The molecule has 0 fully saturated rings. The second kappa shape index (κ2) is 4.38. The molecular weight excluding hydrogens is 208 g/mol. The molecule has 0 bridgehead atoms. The van der Waals surface area contributed by atoms with E-state index >= 15 is 0 Å². The smallest absolute Gasteiger partial charge is 0.305 e. The second-order valence-corrected chi connectivity index (χ2v) is 3.67. The summed E-state index contributed by atoms with van der Waals surface area (Å²) in [5, 5.41) is 2.53. The minimum absolute atomic E-state index is 0.156. The summed E-state index contributed by atoms with van der Waals surface area (Å²) in [6, 6.07) is 0. The Balaban J connectivity index is 2.15. The molecule has 0 radical (unpaired) electrons. The summed E-state index contributed by atoms with van der Waals surface area (Å²) in [6.07, 6.45) is 2.84. The van der Waals surface area contributed by atoms with Gasteiger partial charge in [0.25, 0.3) is 0 Å². The lowest BCUT2D eigenvalue weighted by atomic mass is 10.0. The highest BCUT2D eigenvalue weighted by Crippen LogP contribution is 2.19. The molecule has 2 heterocycles. The van der Waals surface area contributed by atoms with Crippen molar-refractivity contribution in [2.45, 2.75) is 25.8 Å². The third-order valence-corrected chi connectivity index (χ3v) is 2.66. The zero-order valence-corrected chi connectivity index (χ0v) is 9.00. The van der Waals surface area contributed by atoms with E-state index in [9.17, 15) is 9.59 Å². The Morgan fingerprint density at radius 1 is 1.69 bits per heavy atom. The fourth-order valence-corrected chi connectivity index (χ4v) is 1.78. The Morgan fingerprint density at radius 3 is 3.25 bits per heavy atom. The SMILES string of the molecule is [2H][C@@H]1NC(=O)Cc2c(CCC(=O)OC)c[nH]c21. The monoisotopic (exact) mass is 223 g/mol. The topological polar surface area (TPSA) is 71.2 Å². The number of rotatable bonds is 3. The highest BCUT2D eigenvalue weighted by atomic mass is 16.5. The Hall–Kier alpha value is -1.78. The molecule has 2 N–H and O–H groups in total. The Bertz CT molecular complexity index is 456. The molecule has 2 rings (SSSR count). The molecule has 1 aromatic rings. The fraction of sp³-hybridized carbons (Fsp3) is 0.455. The van der Waals surface area contributed by atoms with Crippen LogP contribution in [-0.4, -0.2) is 24.0 Å². The van der Waals surface area contributed by atoms with Crippen LogP contribution in [0.4, 0.5) is 0 Å². The summed E-state index contributed by atoms with van der Waals surface area (Å²) < 4.78 is 12.3. The second-order valence-electron chi connectivity index (χ2n) is 3.67. The number of fused-ring (bicyclic) bond motifs is 1. The molecule has 0 unspecified atom stereocenters. The van der Waals surface area contributed by atoms with E-state index in [1.165, 1.54) is 7.11 Å². The molecule has 16 heavy (non-hydrogen) atoms. The number of hydrogen-bond donors (Lipinski definition) is 2. The first-order valence-electron chi connectivity index (χ1n) is 5.67. The van der Waals surface area contributed by atoms with Crippen molar-refractivity contribution in [3.63, 3.8) is 0 Å². The molecule has 0 spiro atoms. The summed E-state index contributed by atoms with van der Waals surface area (Å²) in [5.74, 6) is -0.431. The van der Waals surface area contributed by atoms with Crippen LogP contribution in [-0.2, 0) is 33.7 Å². The number of H-pyrrole nitrogens is 1. The Kier molecular flexibility index (Phi) is 2.59. The van der Waals surface area contributed by atoms with E-state index in [4.69, 9.17) is 1.37 Å². The molecule has 1 amide bonds. The molecule has 0 aliphatic carbocycles. The van der Waals surface area contributed by atoms with E-state index in [1.54, 1.807) is 6.20 Å². The standard InChI is InChI=1S/C11H14N2O3/c1-16-11(15)3-2-7-5-12-9-6-13-10(14)4-8(7)9/h5,12H,2-4,6H2,1H3,(H,13,14)/i6D/t6-/m0/s1. The van der Waals surface area contributed by atoms with Crippen LogP contribution >= 0.6 is 0 Å². The van der Waals surface area contributed by atoms with Crippen LogP contribution in [0.25, 0.3) is 0 Å². The van der Waals surface area contributed by atoms with Gasteiger partial charge in [-0.15, -0.1) is 0 Å². The number of ether oxygens (including phenoxy) is 1. The third-order valence-electron chi connectivity index (χ3n) is 2.66. The normalized spacial score (nSPS) is 19.7. The summed E-state index contributed by atoms with van der Waals surface area (Å²) in [4.78, 5) is 25.4. The maximum Gasteiger partial charge on any atom is 0.305 e. The number of amides is 1. The van der Waals surface area contributed by atoms with Gasteiger partial charge in [-0.2, -0.15) is 0 Å². The van der Waals surface area contributed by atoms with Crippen LogP contribution in [0.2, 0.25) is 0 Å². The first-order chi connectivity index (χ1) is 8.11. The van der Waals surface area contributed by atoms with Crippen molar-refractivity contribution in [3.8, 4) is 0 Å². The summed E-state index contributed by atoms with van der Waals surface area (Å²) in [6.45, 7) is -0.738. The molecule has 1 aromatic heterocycles. The number of carbonyl (C=O) groups is 2. The van der Waals surface area contributed by atoms with Crippen LogP contribution < -0.4 is 5.32 Å². The van der Waals surface area contributed by atoms with Crippen molar-refractivity contribution in [2.75, 3.05) is 7.11 Å². The van der Waals surface area contributed by atoms with Crippen molar-refractivity contribution >= 4 is 11.9 Å². The van der Waals surface area contributed by atoms with Gasteiger partial charge >= 0.3 is 5.97 Å². The maximum absolute atomic E-state index is 11.3. The van der Waals surface area contributed by atoms with Gasteiger partial charge in [0.1, 0.15) is 0 Å². The predicted octanol–water partition coefficient (Wildman–Crippen LogP) is 0.293. The summed E-state index contributed by atoms with van der Waals surface area (Å²) in [7, 11) is 1.35. The number of esters is 1. The van der Waals surface area contributed by atoms with E-state index in [-0.39, 0.29) is 24.7 Å². The maximum atomic E-state index is 11.3. The molecule has 0 saturated carbocycles. The van der Waals surface area contributed by atoms with Gasteiger partial charge in [0.05, 0.1) is 21.4 Å². The zero-order chi connectivity index (χ0) is 12.4. The largest absolute Gasteiger partial charge is 0.469 e. The van der Waals surface area contributed by atoms with E-state index in [0.29, 0.717) is 12.1 Å². The molecule has 1 atom stereocenters. The highest BCUT2D eigenvalue weighted by Gasteiger charge is 2.19.